The van der Waals surface area contributed by atoms with Crippen molar-refractivity contribution in [2.75, 3.05) is 12.3 Å². The number of hydrogen-bond acceptors (Lipinski definition) is 6. The smallest absolute Gasteiger partial charge is 0.114 e. The van der Waals surface area contributed by atoms with E-state index in [4.69, 9.17) is 10.5 Å². The Morgan fingerprint density at radius 3 is 2.14 bits per heavy atom. The molecule has 4 rings (SSSR count). The molecule has 1 heterocycles. The van der Waals surface area contributed by atoms with E-state index in [9.17, 15) is 20.4 Å². The summed E-state index contributed by atoms with van der Waals surface area (Å²) in [6.07, 6.45) is -5.43. The molecule has 0 bridgehead atoms. The fourth-order valence-electron chi connectivity index (χ4n) is 3.96. The molecule has 1 saturated heterocycles. The van der Waals surface area contributed by atoms with E-state index in [0.717, 1.165) is 22.3 Å². The predicted octanol–water partition coefficient (Wildman–Crippen LogP) is 1.48. The van der Waals surface area contributed by atoms with E-state index in [1.54, 1.807) is 6.07 Å². The Morgan fingerprint density at radius 1 is 0.793 bits per heavy atom. The highest BCUT2D eigenvalue weighted by Crippen LogP contribution is 2.36. The number of nitrogen functional groups attached to an aromatic ring is 1. The zero-order valence-electron chi connectivity index (χ0n) is 15.8. The second-order valence-electron chi connectivity index (χ2n) is 7.57. The monoisotopic (exact) mass is 395 g/mol. The summed E-state index contributed by atoms with van der Waals surface area (Å²) in [6, 6.07) is 19.9. The lowest BCUT2D eigenvalue weighted by Crippen LogP contribution is -2.55. The van der Waals surface area contributed by atoms with E-state index in [2.05, 4.69) is 24.3 Å². The minimum absolute atomic E-state index is 0.415. The molecular formula is C23H25NO5. The standard InChI is InChI=1S/C23H25NO5/c24-18-7-6-13(8-14-9-15-4-2-1-3-5-16(15)10-14)11-17(18)23-22(28)21(27)20(26)19(12-25)29-23/h1-7,9-11,19-23,25-28H,8,12,24H2/t19-,20-,21+,22-,23+/m1/s1. The van der Waals surface area contributed by atoms with Gasteiger partial charge in [0, 0.05) is 11.3 Å². The lowest BCUT2D eigenvalue weighted by molar-refractivity contribution is -0.231. The summed E-state index contributed by atoms with van der Waals surface area (Å²) in [6.45, 7) is -0.474. The van der Waals surface area contributed by atoms with Crippen molar-refractivity contribution in [3.8, 4) is 11.1 Å². The van der Waals surface area contributed by atoms with Gasteiger partial charge in [-0.15, -0.1) is 0 Å². The lowest BCUT2D eigenvalue weighted by Gasteiger charge is -2.40. The van der Waals surface area contributed by atoms with Crippen LogP contribution in [-0.4, -0.2) is 51.4 Å². The molecule has 0 amide bonds. The average Bonchev–Trinajstić information content (AvgIpc) is 2.96. The molecule has 6 N–H and O–H groups in total. The molecule has 0 unspecified atom stereocenters. The van der Waals surface area contributed by atoms with Crippen LogP contribution < -0.4 is 5.73 Å². The maximum Gasteiger partial charge on any atom is 0.114 e. The molecule has 1 aromatic rings. The molecule has 1 fully saturated rings. The highest BCUT2D eigenvalue weighted by atomic mass is 16.5. The van der Waals surface area contributed by atoms with E-state index < -0.39 is 37.1 Å². The fraction of sp³-hybridized carbons (Fsp3) is 0.304. The Morgan fingerprint density at radius 2 is 1.48 bits per heavy atom. The van der Waals surface area contributed by atoms with Crippen molar-refractivity contribution >= 4 is 5.69 Å². The summed E-state index contributed by atoms with van der Waals surface area (Å²) >= 11 is 0. The molecule has 29 heavy (non-hydrogen) atoms. The largest absolute Gasteiger partial charge is 0.398 e. The third-order valence-electron chi connectivity index (χ3n) is 5.55. The first kappa shape index (κ1) is 19.8. The van der Waals surface area contributed by atoms with Gasteiger partial charge in [-0.05, 0) is 34.7 Å². The number of anilines is 1. The Bertz CT molecular complexity index is 929. The summed E-state index contributed by atoms with van der Waals surface area (Å²) < 4.78 is 5.67. The van der Waals surface area contributed by atoms with Crippen LogP contribution in [0.2, 0.25) is 0 Å². The van der Waals surface area contributed by atoms with Crippen LogP contribution >= 0.6 is 0 Å². The summed E-state index contributed by atoms with van der Waals surface area (Å²) in [5, 5.41) is 39.9. The van der Waals surface area contributed by atoms with Crippen LogP contribution in [0.1, 0.15) is 22.8 Å². The van der Waals surface area contributed by atoms with Crippen molar-refractivity contribution in [2.45, 2.75) is 36.9 Å². The average molecular weight is 395 g/mol. The van der Waals surface area contributed by atoms with Crippen LogP contribution in [0.25, 0.3) is 11.1 Å². The number of hydrogen-bond donors (Lipinski definition) is 5. The lowest BCUT2D eigenvalue weighted by atomic mass is 9.89. The van der Waals surface area contributed by atoms with Gasteiger partial charge < -0.3 is 30.9 Å². The topological polar surface area (TPSA) is 116 Å². The Hall–Kier alpha value is -2.48. The van der Waals surface area contributed by atoms with Crippen LogP contribution in [0.5, 0.6) is 0 Å². The molecule has 0 spiro atoms. The maximum absolute atomic E-state index is 10.4. The van der Waals surface area contributed by atoms with Crippen LogP contribution in [-0.2, 0) is 11.2 Å². The third kappa shape index (κ3) is 3.85. The van der Waals surface area contributed by atoms with Gasteiger partial charge in [0.15, 0.2) is 0 Å². The highest BCUT2D eigenvalue weighted by molar-refractivity contribution is 5.68. The zero-order chi connectivity index (χ0) is 20.5. The first-order valence-corrected chi connectivity index (χ1v) is 9.64. The summed E-state index contributed by atoms with van der Waals surface area (Å²) in [7, 11) is 0. The second-order valence-corrected chi connectivity index (χ2v) is 7.57. The van der Waals surface area contributed by atoms with Gasteiger partial charge in [-0.25, -0.2) is 0 Å². The predicted molar refractivity (Wildman–Crippen MR) is 109 cm³/mol. The number of aliphatic hydroxyl groups is 4. The highest BCUT2D eigenvalue weighted by Gasteiger charge is 2.44. The normalized spacial score (nSPS) is 27.2. The number of rotatable bonds is 4. The molecule has 1 aromatic carbocycles. The second kappa shape index (κ2) is 8.10. The van der Waals surface area contributed by atoms with Crippen LogP contribution in [0.15, 0.2) is 60.7 Å². The Kier molecular flexibility index (Phi) is 5.54. The van der Waals surface area contributed by atoms with Crippen molar-refractivity contribution in [3.63, 3.8) is 0 Å². The van der Waals surface area contributed by atoms with Crippen molar-refractivity contribution in [1.82, 2.24) is 0 Å². The molecule has 0 saturated carbocycles. The van der Waals surface area contributed by atoms with Crippen molar-refractivity contribution < 1.29 is 25.2 Å². The van der Waals surface area contributed by atoms with E-state index in [-0.39, 0.29) is 0 Å². The molecule has 6 heteroatoms. The maximum atomic E-state index is 10.4. The van der Waals surface area contributed by atoms with Crippen LogP contribution in [0, 0.1) is 0 Å². The van der Waals surface area contributed by atoms with Gasteiger partial charge in [0.25, 0.3) is 0 Å². The number of aliphatic hydroxyl groups excluding tert-OH is 4. The summed E-state index contributed by atoms with van der Waals surface area (Å²) in [4.78, 5) is 0. The third-order valence-corrected chi connectivity index (χ3v) is 5.55. The zero-order valence-corrected chi connectivity index (χ0v) is 15.8. The van der Waals surface area contributed by atoms with Crippen molar-refractivity contribution in [1.29, 1.82) is 0 Å². The quantitative estimate of drug-likeness (QED) is 0.427. The molecule has 3 aliphatic rings. The van der Waals surface area contributed by atoms with Crippen molar-refractivity contribution in [2.24, 2.45) is 0 Å². The van der Waals surface area contributed by atoms with Gasteiger partial charge in [0.05, 0.1) is 6.61 Å². The minimum Gasteiger partial charge on any atom is -0.398 e. The van der Waals surface area contributed by atoms with E-state index in [0.29, 0.717) is 17.7 Å². The minimum atomic E-state index is -1.44. The SMILES string of the molecule is Nc1ccc(Cc2cc3cccccc-3c2)cc1[C@@H]1O[C@H](CO)[C@@H](O)[C@H](O)[C@H]1O. The van der Waals surface area contributed by atoms with E-state index in [1.807, 2.05) is 30.3 Å². The molecular weight excluding hydrogens is 370 g/mol. The van der Waals surface area contributed by atoms with Crippen LogP contribution in [0.3, 0.4) is 0 Å². The van der Waals surface area contributed by atoms with E-state index in [1.165, 1.54) is 0 Å². The van der Waals surface area contributed by atoms with Crippen molar-refractivity contribution in [3.05, 3.63) is 77.4 Å². The molecule has 1 aliphatic heterocycles. The summed E-state index contributed by atoms with van der Waals surface area (Å²) in [5.41, 5.74) is 11.5. The van der Waals surface area contributed by atoms with Gasteiger partial charge in [-0.2, -0.15) is 0 Å². The first-order chi connectivity index (χ1) is 14.0. The van der Waals surface area contributed by atoms with Gasteiger partial charge in [0.2, 0.25) is 0 Å². The van der Waals surface area contributed by atoms with E-state index >= 15 is 0 Å². The number of ether oxygens (including phenoxy) is 1. The molecule has 152 valence electrons. The molecule has 6 nitrogen and oxygen atoms in total. The number of fused-ring (bicyclic) bond motifs is 1. The summed E-state index contributed by atoms with van der Waals surface area (Å²) in [5.74, 6) is 0. The van der Waals surface area contributed by atoms with Gasteiger partial charge in [-0.1, -0.05) is 54.6 Å². The van der Waals surface area contributed by atoms with Crippen LogP contribution in [0.4, 0.5) is 5.69 Å². The Labute approximate surface area is 169 Å². The molecule has 2 aliphatic carbocycles. The number of benzene rings is 1. The van der Waals surface area contributed by atoms with Gasteiger partial charge >= 0.3 is 0 Å². The molecule has 0 radical (unpaired) electrons. The van der Waals surface area contributed by atoms with Gasteiger partial charge in [-0.3, -0.25) is 0 Å². The van der Waals surface area contributed by atoms with Gasteiger partial charge in [0.1, 0.15) is 30.5 Å². The first-order valence-electron chi connectivity index (χ1n) is 9.64. The number of nitrogens with two attached hydrogens (primary N) is 1. The fourth-order valence-corrected chi connectivity index (χ4v) is 3.96. The molecule has 5 atom stereocenters. The molecule has 0 aromatic heterocycles. The Balaban J connectivity index is 1.63.